The molecule has 5 heteroatoms. The van der Waals surface area contributed by atoms with E-state index in [2.05, 4.69) is 6.07 Å². The molecule has 0 aliphatic heterocycles. The lowest BCUT2D eigenvalue weighted by Crippen LogP contribution is -2.23. The monoisotopic (exact) mass is 434 g/mol. The van der Waals surface area contributed by atoms with E-state index in [0.29, 0.717) is 18.6 Å². The van der Waals surface area contributed by atoms with Gasteiger partial charge in [-0.1, -0.05) is 44.2 Å². The van der Waals surface area contributed by atoms with E-state index < -0.39 is 11.4 Å². The molecule has 0 aromatic heterocycles. The first-order valence-electron chi connectivity index (χ1n) is 11.7. The number of aromatic hydroxyl groups is 1. The zero-order valence-corrected chi connectivity index (χ0v) is 19.9. The van der Waals surface area contributed by atoms with Crippen molar-refractivity contribution in [2.45, 2.75) is 110 Å². The summed E-state index contributed by atoms with van der Waals surface area (Å²) in [4.78, 5) is 21.6. The van der Waals surface area contributed by atoms with Crippen LogP contribution in [0.2, 0.25) is 0 Å². The number of ether oxygens (including phenoxy) is 1. The normalized spacial score (nSPS) is 12.0. The van der Waals surface area contributed by atoms with Gasteiger partial charge in [0.2, 0.25) is 0 Å². The minimum absolute atomic E-state index is 0.375. The molecular weight excluding hydrogens is 392 g/mol. The fraction of sp³-hybridized carbons (Fsp3) is 0.692. The van der Waals surface area contributed by atoms with Crippen molar-refractivity contribution in [3.8, 4) is 5.75 Å². The van der Waals surface area contributed by atoms with Crippen molar-refractivity contribution in [3.05, 3.63) is 29.3 Å². The number of carbonyl (C=O) groups excluding carboxylic acids is 1. The van der Waals surface area contributed by atoms with Crippen LogP contribution >= 0.6 is 0 Å². The second-order valence-corrected chi connectivity index (χ2v) is 9.95. The van der Waals surface area contributed by atoms with Crippen LogP contribution < -0.4 is 0 Å². The molecule has 0 bridgehead atoms. The Morgan fingerprint density at radius 1 is 0.903 bits per heavy atom. The van der Waals surface area contributed by atoms with E-state index >= 15 is 0 Å². The van der Waals surface area contributed by atoms with Crippen molar-refractivity contribution in [3.63, 3.8) is 0 Å². The first-order chi connectivity index (χ1) is 14.6. The average Bonchev–Trinajstić information content (AvgIpc) is 2.69. The Morgan fingerprint density at radius 3 is 2.10 bits per heavy atom. The molecule has 0 aliphatic rings. The molecule has 0 fully saturated rings. The Hall–Kier alpha value is -2.04. The second-order valence-electron chi connectivity index (χ2n) is 9.95. The third kappa shape index (κ3) is 11.2. The van der Waals surface area contributed by atoms with Gasteiger partial charge in [-0.15, -0.1) is 0 Å². The number of aryl methyl sites for hydroxylation is 2. The Morgan fingerprint density at radius 2 is 1.48 bits per heavy atom. The molecule has 2 N–H and O–H groups in total. The summed E-state index contributed by atoms with van der Waals surface area (Å²) in [5.74, 6) is -0.347. The first kappa shape index (κ1) is 27.0. The maximum Gasteiger partial charge on any atom is 0.309 e. The zero-order chi connectivity index (χ0) is 23.3. The van der Waals surface area contributed by atoms with Crippen LogP contribution in [0, 0.1) is 5.41 Å². The predicted molar refractivity (Wildman–Crippen MR) is 124 cm³/mol. The van der Waals surface area contributed by atoms with E-state index in [4.69, 9.17) is 9.84 Å². The number of phenolic OH excluding ortho intramolecular Hbond substituents is 1. The van der Waals surface area contributed by atoms with Crippen molar-refractivity contribution in [1.82, 2.24) is 0 Å². The van der Waals surface area contributed by atoms with E-state index in [-0.39, 0.29) is 5.60 Å². The summed E-state index contributed by atoms with van der Waals surface area (Å²) in [6, 6.07) is 5.94. The summed E-state index contributed by atoms with van der Waals surface area (Å²) in [7, 11) is 0. The van der Waals surface area contributed by atoms with Crippen molar-refractivity contribution in [2.24, 2.45) is 5.41 Å². The van der Waals surface area contributed by atoms with E-state index in [1.54, 1.807) is 19.9 Å². The molecule has 5 nitrogen and oxygen atoms in total. The highest BCUT2D eigenvalue weighted by molar-refractivity contribution is 5.73. The van der Waals surface area contributed by atoms with E-state index in [1.165, 1.54) is 5.56 Å². The molecule has 0 radical (unpaired) electrons. The van der Waals surface area contributed by atoms with Crippen LogP contribution in [0.1, 0.15) is 103 Å². The third-order valence-electron chi connectivity index (χ3n) is 6.08. The number of hydrogen-bond donors (Lipinski definition) is 2. The van der Waals surface area contributed by atoms with Gasteiger partial charge in [-0.25, -0.2) is 0 Å². The van der Waals surface area contributed by atoms with Crippen LogP contribution in [0.4, 0.5) is 0 Å². The highest BCUT2D eigenvalue weighted by atomic mass is 16.5. The molecule has 0 saturated heterocycles. The molecule has 0 atom stereocenters. The van der Waals surface area contributed by atoms with Crippen molar-refractivity contribution >= 4 is 12.4 Å². The molecule has 0 heterocycles. The molecule has 1 rings (SSSR count). The van der Waals surface area contributed by atoms with Crippen LogP contribution in [-0.4, -0.2) is 28.3 Å². The maximum atomic E-state index is 11.1. The van der Waals surface area contributed by atoms with E-state index in [9.17, 15) is 14.7 Å². The molecule has 0 saturated carbocycles. The number of carboxylic acids is 1. The molecule has 1 aromatic carbocycles. The van der Waals surface area contributed by atoms with E-state index in [0.717, 1.165) is 76.2 Å². The summed E-state index contributed by atoms with van der Waals surface area (Å²) < 4.78 is 5.07. The van der Waals surface area contributed by atoms with E-state index in [1.807, 2.05) is 19.9 Å². The summed E-state index contributed by atoms with van der Waals surface area (Å²) in [5.41, 5.74) is 1.25. The number of carboxylic acid groups (broad SMARTS) is 1. The SMILES string of the molecule is CC(C)(CCCCCCc1cc(CCCCCCC(C)(C)C(=O)O)ccc1O)OC=O. The Labute approximate surface area is 188 Å². The Balaban J connectivity index is 2.27. The van der Waals surface area contributed by atoms with Crippen molar-refractivity contribution in [2.75, 3.05) is 0 Å². The first-order valence-corrected chi connectivity index (χ1v) is 11.7. The minimum Gasteiger partial charge on any atom is -0.508 e. The number of phenols is 1. The zero-order valence-electron chi connectivity index (χ0n) is 19.9. The summed E-state index contributed by atoms with van der Waals surface area (Å²) in [6.45, 7) is 7.96. The number of carbonyl (C=O) groups is 2. The molecular formula is C26H42O5. The lowest BCUT2D eigenvalue weighted by Gasteiger charge is -2.22. The van der Waals surface area contributed by atoms with Crippen LogP contribution in [-0.2, 0) is 27.2 Å². The number of rotatable bonds is 17. The molecule has 0 aliphatic carbocycles. The molecule has 0 spiro atoms. The Bertz CT molecular complexity index is 678. The van der Waals surface area contributed by atoms with Gasteiger partial charge < -0.3 is 14.9 Å². The lowest BCUT2D eigenvalue weighted by atomic mass is 9.87. The highest BCUT2D eigenvalue weighted by Crippen LogP contribution is 2.25. The number of benzene rings is 1. The summed E-state index contributed by atoms with van der Waals surface area (Å²) >= 11 is 0. The largest absolute Gasteiger partial charge is 0.508 e. The van der Waals surface area contributed by atoms with Crippen LogP contribution in [0.5, 0.6) is 5.75 Å². The van der Waals surface area contributed by atoms with Gasteiger partial charge in [-0.05, 0) is 89.8 Å². The van der Waals surface area contributed by atoms with Crippen LogP contribution in [0.15, 0.2) is 18.2 Å². The molecule has 0 unspecified atom stereocenters. The quantitative estimate of drug-likeness (QED) is 0.218. The third-order valence-corrected chi connectivity index (χ3v) is 6.08. The summed E-state index contributed by atoms with van der Waals surface area (Å²) in [6.07, 6.45) is 11.8. The van der Waals surface area contributed by atoms with Crippen LogP contribution in [0.3, 0.4) is 0 Å². The van der Waals surface area contributed by atoms with Crippen molar-refractivity contribution < 1.29 is 24.5 Å². The fourth-order valence-corrected chi connectivity index (χ4v) is 3.76. The highest BCUT2D eigenvalue weighted by Gasteiger charge is 2.25. The average molecular weight is 435 g/mol. The van der Waals surface area contributed by atoms with Gasteiger partial charge in [0, 0.05) is 0 Å². The number of unbranched alkanes of at least 4 members (excludes halogenated alkanes) is 6. The van der Waals surface area contributed by atoms with Gasteiger partial charge in [0.1, 0.15) is 11.4 Å². The Kier molecular flexibility index (Phi) is 11.7. The molecule has 1 aromatic rings. The van der Waals surface area contributed by atoms with Gasteiger partial charge in [-0.3, -0.25) is 9.59 Å². The molecule has 31 heavy (non-hydrogen) atoms. The van der Waals surface area contributed by atoms with Crippen molar-refractivity contribution in [1.29, 1.82) is 0 Å². The maximum absolute atomic E-state index is 11.1. The predicted octanol–water partition coefficient (Wildman–Crippen LogP) is 6.44. The second kappa shape index (κ2) is 13.4. The topological polar surface area (TPSA) is 83.8 Å². The van der Waals surface area contributed by atoms with Crippen LogP contribution in [0.25, 0.3) is 0 Å². The summed E-state index contributed by atoms with van der Waals surface area (Å²) in [5, 5.41) is 19.3. The van der Waals surface area contributed by atoms with Gasteiger partial charge >= 0.3 is 5.97 Å². The number of hydrogen-bond acceptors (Lipinski definition) is 4. The standard InChI is InChI=1S/C26H42O5/c1-25(2,24(29)30)17-11-7-5-9-13-21-15-16-23(28)22(19-21)14-10-6-8-12-18-26(3,4)31-20-27/h15-16,19-20,28H,5-14,17-18H2,1-4H3,(H,29,30). The fourth-order valence-electron chi connectivity index (χ4n) is 3.76. The van der Waals surface area contributed by atoms with Gasteiger partial charge in [0.05, 0.1) is 5.41 Å². The van der Waals surface area contributed by atoms with Gasteiger partial charge in [0.15, 0.2) is 0 Å². The van der Waals surface area contributed by atoms with Gasteiger partial charge in [-0.2, -0.15) is 0 Å². The number of aliphatic carboxylic acids is 1. The smallest absolute Gasteiger partial charge is 0.309 e. The molecule has 0 amide bonds. The molecule has 176 valence electrons. The minimum atomic E-state index is -0.722. The van der Waals surface area contributed by atoms with Gasteiger partial charge in [0.25, 0.3) is 6.47 Å². The lowest BCUT2D eigenvalue weighted by molar-refractivity contribution is -0.147.